The SMILES string of the molecule is COc1cc(OC)c(OC)cc1/C=N/Nc1ccc(C(F)(F)F)cc1[N+](=O)[O-]. The van der Waals surface area contributed by atoms with Crippen LogP contribution < -0.4 is 19.6 Å². The van der Waals surface area contributed by atoms with E-state index < -0.39 is 22.4 Å². The number of hydrogen-bond donors (Lipinski definition) is 1. The number of nitrogens with one attached hydrogen (secondary N) is 1. The smallest absolute Gasteiger partial charge is 0.416 e. The number of benzene rings is 2. The van der Waals surface area contributed by atoms with Crippen LogP contribution in [0.25, 0.3) is 0 Å². The fourth-order valence-corrected chi connectivity index (χ4v) is 2.28. The van der Waals surface area contributed by atoms with Crippen LogP contribution in [-0.2, 0) is 6.18 Å². The Morgan fingerprint density at radius 2 is 1.64 bits per heavy atom. The summed E-state index contributed by atoms with van der Waals surface area (Å²) in [5, 5.41) is 14.9. The third kappa shape index (κ3) is 4.61. The summed E-state index contributed by atoms with van der Waals surface area (Å²) in [4.78, 5) is 10.2. The minimum Gasteiger partial charge on any atom is -0.496 e. The van der Waals surface area contributed by atoms with E-state index in [1.165, 1.54) is 27.5 Å². The van der Waals surface area contributed by atoms with Crippen LogP contribution in [0.2, 0.25) is 0 Å². The van der Waals surface area contributed by atoms with Gasteiger partial charge in [-0.05, 0) is 18.2 Å². The van der Waals surface area contributed by atoms with Crippen molar-refractivity contribution in [1.29, 1.82) is 0 Å². The van der Waals surface area contributed by atoms with Gasteiger partial charge in [-0.1, -0.05) is 0 Å². The lowest BCUT2D eigenvalue weighted by Gasteiger charge is -2.12. The first-order valence-electron chi connectivity index (χ1n) is 7.66. The molecule has 8 nitrogen and oxygen atoms in total. The molecular formula is C17H16F3N3O5. The van der Waals surface area contributed by atoms with Crippen LogP contribution in [0.3, 0.4) is 0 Å². The van der Waals surface area contributed by atoms with Crippen molar-refractivity contribution in [3.05, 3.63) is 51.6 Å². The number of hydrogen-bond acceptors (Lipinski definition) is 7. The minimum atomic E-state index is -4.69. The van der Waals surface area contributed by atoms with E-state index in [0.717, 1.165) is 12.1 Å². The molecule has 0 heterocycles. The van der Waals surface area contributed by atoms with Crippen molar-refractivity contribution in [2.45, 2.75) is 6.18 Å². The fourth-order valence-electron chi connectivity index (χ4n) is 2.28. The second kappa shape index (κ2) is 8.46. The molecule has 0 aromatic heterocycles. The van der Waals surface area contributed by atoms with E-state index in [1.54, 1.807) is 12.1 Å². The number of nitrogens with zero attached hydrogens (tertiary/aromatic N) is 2. The van der Waals surface area contributed by atoms with Crippen LogP contribution in [0.15, 0.2) is 35.4 Å². The van der Waals surface area contributed by atoms with Gasteiger partial charge >= 0.3 is 6.18 Å². The van der Waals surface area contributed by atoms with Crippen LogP contribution >= 0.6 is 0 Å². The highest BCUT2D eigenvalue weighted by Gasteiger charge is 2.33. The molecule has 0 spiro atoms. The van der Waals surface area contributed by atoms with Crippen LogP contribution in [-0.4, -0.2) is 32.5 Å². The van der Waals surface area contributed by atoms with Crippen molar-refractivity contribution in [3.8, 4) is 17.2 Å². The minimum absolute atomic E-state index is 0.200. The summed E-state index contributed by atoms with van der Waals surface area (Å²) in [6.07, 6.45) is -3.41. The Balaban J connectivity index is 2.33. The van der Waals surface area contributed by atoms with Crippen molar-refractivity contribution in [3.63, 3.8) is 0 Å². The number of nitro groups is 1. The number of ether oxygens (including phenoxy) is 3. The van der Waals surface area contributed by atoms with E-state index in [1.807, 2.05) is 0 Å². The second-order valence-corrected chi connectivity index (χ2v) is 5.31. The Labute approximate surface area is 157 Å². The molecule has 2 rings (SSSR count). The van der Waals surface area contributed by atoms with Crippen molar-refractivity contribution < 1.29 is 32.3 Å². The molecule has 0 atom stereocenters. The highest BCUT2D eigenvalue weighted by atomic mass is 19.4. The number of hydrazone groups is 1. The molecule has 0 saturated heterocycles. The maximum absolute atomic E-state index is 12.7. The molecule has 0 radical (unpaired) electrons. The zero-order valence-corrected chi connectivity index (χ0v) is 15.0. The van der Waals surface area contributed by atoms with Gasteiger partial charge in [-0.25, -0.2) is 0 Å². The standard InChI is InChI=1S/C17H16F3N3O5/c1-26-14-8-16(28-3)15(27-2)6-10(14)9-21-22-12-5-4-11(17(18,19)20)7-13(12)23(24)25/h4-9,22H,1-3H3/b21-9+. The molecule has 28 heavy (non-hydrogen) atoms. The third-order valence-electron chi connectivity index (χ3n) is 3.65. The number of rotatable bonds is 7. The van der Waals surface area contributed by atoms with Gasteiger partial charge in [0, 0.05) is 17.7 Å². The van der Waals surface area contributed by atoms with E-state index >= 15 is 0 Å². The first kappa shape index (κ1) is 20.8. The number of methoxy groups -OCH3 is 3. The van der Waals surface area contributed by atoms with Gasteiger partial charge in [-0.15, -0.1) is 0 Å². The van der Waals surface area contributed by atoms with E-state index in [9.17, 15) is 23.3 Å². The predicted octanol–water partition coefficient (Wildman–Crippen LogP) is 4.09. The van der Waals surface area contributed by atoms with Gasteiger partial charge in [0.1, 0.15) is 11.4 Å². The van der Waals surface area contributed by atoms with Gasteiger partial charge in [-0.2, -0.15) is 18.3 Å². The quantitative estimate of drug-likeness (QED) is 0.428. The van der Waals surface area contributed by atoms with E-state index in [-0.39, 0.29) is 5.69 Å². The molecule has 0 unspecified atom stereocenters. The van der Waals surface area contributed by atoms with Gasteiger partial charge in [-0.3, -0.25) is 15.5 Å². The average Bonchev–Trinajstić information content (AvgIpc) is 2.66. The van der Waals surface area contributed by atoms with Crippen LogP contribution in [0.1, 0.15) is 11.1 Å². The molecule has 0 saturated carbocycles. The monoisotopic (exact) mass is 399 g/mol. The largest absolute Gasteiger partial charge is 0.496 e. The zero-order valence-electron chi connectivity index (χ0n) is 15.0. The molecule has 0 amide bonds. The Kier molecular flexibility index (Phi) is 6.29. The van der Waals surface area contributed by atoms with E-state index in [0.29, 0.717) is 28.9 Å². The summed E-state index contributed by atoms with van der Waals surface area (Å²) in [6.45, 7) is 0. The molecule has 0 aliphatic heterocycles. The fraction of sp³-hybridized carbons (Fsp3) is 0.235. The number of alkyl halides is 3. The maximum atomic E-state index is 12.7. The topological polar surface area (TPSA) is 95.2 Å². The van der Waals surface area contributed by atoms with Crippen molar-refractivity contribution in [2.75, 3.05) is 26.8 Å². The number of halogens is 3. The highest BCUT2D eigenvalue weighted by Crippen LogP contribution is 2.36. The molecule has 2 aromatic carbocycles. The molecular weight excluding hydrogens is 383 g/mol. The van der Waals surface area contributed by atoms with Gasteiger partial charge < -0.3 is 14.2 Å². The summed E-state index contributed by atoms with van der Waals surface area (Å²) >= 11 is 0. The highest BCUT2D eigenvalue weighted by molar-refractivity contribution is 5.86. The van der Waals surface area contributed by atoms with Gasteiger partial charge in [0.15, 0.2) is 11.5 Å². The van der Waals surface area contributed by atoms with Crippen molar-refractivity contribution in [1.82, 2.24) is 0 Å². The molecule has 11 heteroatoms. The van der Waals surface area contributed by atoms with Crippen LogP contribution in [0.5, 0.6) is 17.2 Å². The lowest BCUT2D eigenvalue weighted by molar-refractivity contribution is -0.384. The Morgan fingerprint density at radius 1 is 1.04 bits per heavy atom. The lowest BCUT2D eigenvalue weighted by atomic mass is 10.1. The van der Waals surface area contributed by atoms with E-state index in [2.05, 4.69) is 10.5 Å². The summed E-state index contributed by atoms with van der Waals surface area (Å²) in [5.74, 6) is 1.19. The molecule has 2 aromatic rings. The molecule has 150 valence electrons. The van der Waals surface area contributed by atoms with Gasteiger partial charge in [0.05, 0.1) is 38.0 Å². The summed E-state index contributed by atoms with van der Waals surface area (Å²) in [5.41, 5.74) is 0.731. The summed E-state index contributed by atoms with van der Waals surface area (Å²) in [6, 6.07) is 5.21. The lowest BCUT2D eigenvalue weighted by Crippen LogP contribution is -2.06. The van der Waals surface area contributed by atoms with Gasteiger partial charge in [0.25, 0.3) is 5.69 Å². The summed E-state index contributed by atoms with van der Waals surface area (Å²) in [7, 11) is 4.32. The number of anilines is 1. The zero-order chi connectivity index (χ0) is 20.9. The normalized spacial score (nSPS) is 11.4. The third-order valence-corrected chi connectivity index (χ3v) is 3.65. The summed E-state index contributed by atoms with van der Waals surface area (Å²) < 4.78 is 53.8. The first-order chi connectivity index (χ1) is 13.2. The van der Waals surface area contributed by atoms with Gasteiger partial charge in [0.2, 0.25) is 0 Å². The molecule has 1 N–H and O–H groups in total. The van der Waals surface area contributed by atoms with E-state index in [4.69, 9.17) is 14.2 Å². The molecule has 0 aliphatic carbocycles. The molecule has 0 fully saturated rings. The molecule has 0 aliphatic rings. The average molecular weight is 399 g/mol. The Hall–Kier alpha value is -3.50. The van der Waals surface area contributed by atoms with Crippen molar-refractivity contribution in [2.24, 2.45) is 5.10 Å². The number of nitro benzene ring substituents is 1. The Morgan fingerprint density at radius 3 is 2.18 bits per heavy atom. The Bertz CT molecular complexity index is 900. The first-order valence-corrected chi connectivity index (χ1v) is 7.66. The second-order valence-electron chi connectivity index (χ2n) is 5.31. The maximum Gasteiger partial charge on any atom is 0.416 e. The predicted molar refractivity (Wildman–Crippen MR) is 95.4 cm³/mol. The van der Waals surface area contributed by atoms with Crippen LogP contribution in [0.4, 0.5) is 24.5 Å². The van der Waals surface area contributed by atoms with Crippen LogP contribution in [0, 0.1) is 10.1 Å². The molecule has 0 bridgehead atoms. The van der Waals surface area contributed by atoms with Crippen molar-refractivity contribution >= 4 is 17.6 Å².